The van der Waals surface area contributed by atoms with Crippen LogP contribution < -0.4 is 10.2 Å². The van der Waals surface area contributed by atoms with Crippen LogP contribution in [-0.4, -0.2) is 36.1 Å². The Hall–Kier alpha value is -1.69. The second-order valence-corrected chi connectivity index (χ2v) is 8.21. The largest absolute Gasteiger partial charge is 0.355 e. The van der Waals surface area contributed by atoms with E-state index in [-0.39, 0.29) is 0 Å². The summed E-state index contributed by atoms with van der Waals surface area (Å²) in [6, 6.07) is 8.85. The van der Waals surface area contributed by atoms with Gasteiger partial charge in [-0.05, 0) is 41.6 Å². The SMILES string of the molecule is CC(C)c1ccc(-c2csc3nc(Cl)nc(N4CCCNCC4)c23)cc1. The maximum absolute atomic E-state index is 6.24. The first-order valence-electron chi connectivity index (χ1n) is 9.14. The Balaban J connectivity index is 1.83. The van der Waals surface area contributed by atoms with E-state index in [1.54, 1.807) is 11.3 Å². The van der Waals surface area contributed by atoms with Gasteiger partial charge in [0.15, 0.2) is 0 Å². The summed E-state index contributed by atoms with van der Waals surface area (Å²) >= 11 is 7.88. The van der Waals surface area contributed by atoms with E-state index >= 15 is 0 Å². The number of hydrogen-bond acceptors (Lipinski definition) is 5. The van der Waals surface area contributed by atoms with Crippen molar-refractivity contribution in [2.24, 2.45) is 0 Å². The van der Waals surface area contributed by atoms with Crippen molar-refractivity contribution >= 4 is 39.0 Å². The molecule has 0 amide bonds. The molecule has 0 aliphatic carbocycles. The topological polar surface area (TPSA) is 41.1 Å². The van der Waals surface area contributed by atoms with E-state index in [2.05, 4.69) is 63.7 Å². The van der Waals surface area contributed by atoms with Gasteiger partial charge in [-0.2, -0.15) is 4.98 Å². The molecule has 2 aromatic heterocycles. The van der Waals surface area contributed by atoms with Crippen LogP contribution in [0.3, 0.4) is 0 Å². The molecular formula is C20H23ClN4S. The third kappa shape index (κ3) is 3.43. The third-order valence-electron chi connectivity index (χ3n) is 4.92. The maximum Gasteiger partial charge on any atom is 0.225 e. The Morgan fingerprint density at radius 3 is 2.69 bits per heavy atom. The zero-order valence-corrected chi connectivity index (χ0v) is 16.7. The molecule has 26 heavy (non-hydrogen) atoms. The second kappa shape index (κ2) is 7.51. The van der Waals surface area contributed by atoms with Crippen LogP contribution in [0.25, 0.3) is 21.3 Å². The molecule has 0 unspecified atom stereocenters. The molecule has 0 bridgehead atoms. The van der Waals surface area contributed by atoms with Crippen molar-refractivity contribution < 1.29 is 0 Å². The van der Waals surface area contributed by atoms with Crippen molar-refractivity contribution in [3.63, 3.8) is 0 Å². The van der Waals surface area contributed by atoms with Crippen LogP contribution in [0.5, 0.6) is 0 Å². The standard InChI is InChI=1S/C20H23ClN4S/c1-13(2)14-4-6-15(7-5-14)16-12-26-19-17(16)18(23-20(21)24-19)25-10-3-8-22-9-11-25/h4-7,12-13,22H,3,8-11H2,1-2H3. The number of nitrogens with one attached hydrogen (secondary N) is 1. The van der Waals surface area contributed by atoms with Crippen molar-refractivity contribution in [1.82, 2.24) is 15.3 Å². The van der Waals surface area contributed by atoms with Gasteiger partial charge in [-0.3, -0.25) is 0 Å². The van der Waals surface area contributed by atoms with Gasteiger partial charge >= 0.3 is 0 Å². The Morgan fingerprint density at radius 1 is 1.12 bits per heavy atom. The van der Waals surface area contributed by atoms with E-state index in [9.17, 15) is 0 Å². The lowest BCUT2D eigenvalue weighted by Gasteiger charge is -2.22. The fourth-order valence-corrected chi connectivity index (χ4v) is 4.60. The van der Waals surface area contributed by atoms with Gasteiger partial charge in [0.1, 0.15) is 10.6 Å². The minimum atomic E-state index is 0.327. The van der Waals surface area contributed by atoms with Gasteiger partial charge in [-0.25, -0.2) is 4.98 Å². The van der Waals surface area contributed by atoms with Crippen LogP contribution >= 0.6 is 22.9 Å². The first-order valence-corrected chi connectivity index (χ1v) is 10.4. The molecule has 4 nitrogen and oxygen atoms in total. The number of hydrogen-bond donors (Lipinski definition) is 1. The van der Waals surface area contributed by atoms with E-state index in [0.717, 1.165) is 48.6 Å². The van der Waals surface area contributed by atoms with Crippen molar-refractivity contribution in [1.29, 1.82) is 0 Å². The molecule has 3 heterocycles. The summed E-state index contributed by atoms with van der Waals surface area (Å²) in [6.07, 6.45) is 1.10. The molecule has 4 rings (SSSR count). The molecular weight excluding hydrogens is 364 g/mol. The van der Waals surface area contributed by atoms with Gasteiger partial charge in [0, 0.05) is 30.6 Å². The van der Waals surface area contributed by atoms with E-state index in [0.29, 0.717) is 11.2 Å². The molecule has 0 saturated carbocycles. The minimum Gasteiger partial charge on any atom is -0.355 e. The van der Waals surface area contributed by atoms with Crippen molar-refractivity contribution in [2.45, 2.75) is 26.2 Å². The van der Waals surface area contributed by atoms with Crippen molar-refractivity contribution in [3.05, 3.63) is 40.5 Å². The van der Waals surface area contributed by atoms with Crippen LogP contribution in [0.4, 0.5) is 5.82 Å². The van der Waals surface area contributed by atoms with Crippen molar-refractivity contribution in [2.75, 3.05) is 31.1 Å². The van der Waals surface area contributed by atoms with Gasteiger partial charge in [-0.15, -0.1) is 11.3 Å². The predicted octanol–water partition coefficient (Wildman–Crippen LogP) is 4.93. The minimum absolute atomic E-state index is 0.327. The lowest BCUT2D eigenvalue weighted by Crippen LogP contribution is -2.28. The Labute approximate surface area is 163 Å². The predicted molar refractivity (Wildman–Crippen MR) is 112 cm³/mol. The zero-order valence-electron chi connectivity index (χ0n) is 15.1. The molecule has 1 aromatic carbocycles. The Morgan fingerprint density at radius 2 is 1.92 bits per heavy atom. The molecule has 1 N–H and O–H groups in total. The number of thiophene rings is 1. The normalized spacial score (nSPS) is 15.6. The van der Waals surface area contributed by atoms with Gasteiger partial charge in [0.25, 0.3) is 0 Å². The number of nitrogens with zero attached hydrogens (tertiary/aromatic N) is 3. The first kappa shape index (κ1) is 17.7. The van der Waals surface area contributed by atoms with E-state index < -0.39 is 0 Å². The summed E-state index contributed by atoms with van der Waals surface area (Å²) in [7, 11) is 0. The van der Waals surface area contributed by atoms with Crippen LogP contribution in [0.15, 0.2) is 29.6 Å². The lowest BCUT2D eigenvalue weighted by molar-refractivity contribution is 0.724. The molecule has 0 radical (unpaired) electrons. The number of rotatable bonds is 3. The van der Waals surface area contributed by atoms with Gasteiger partial charge < -0.3 is 10.2 Å². The number of halogens is 1. The fourth-order valence-electron chi connectivity index (χ4n) is 3.44. The monoisotopic (exact) mass is 386 g/mol. The average molecular weight is 387 g/mol. The fraction of sp³-hybridized carbons (Fsp3) is 0.400. The zero-order chi connectivity index (χ0) is 18.1. The van der Waals surface area contributed by atoms with Crippen LogP contribution in [0, 0.1) is 0 Å². The van der Waals surface area contributed by atoms with Crippen molar-refractivity contribution in [3.8, 4) is 11.1 Å². The van der Waals surface area contributed by atoms with Crippen LogP contribution in [0.2, 0.25) is 5.28 Å². The lowest BCUT2D eigenvalue weighted by atomic mass is 9.99. The summed E-state index contributed by atoms with van der Waals surface area (Å²) in [6.45, 7) is 8.37. The molecule has 6 heteroatoms. The number of fused-ring (bicyclic) bond motifs is 1. The highest BCUT2D eigenvalue weighted by atomic mass is 35.5. The molecule has 3 aromatic rings. The summed E-state index contributed by atoms with van der Waals surface area (Å²) in [5, 5.41) is 7.08. The first-order chi connectivity index (χ1) is 12.6. The number of anilines is 1. The summed E-state index contributed by atoms with van der Waals surface area (Å²) < 4.78 is 0. The van der Waals surface area contributed by atoms with Gasteiger partial charge in [0.05, 0.1) is 5.39 Å². The maximum atomic E-state index is 6.24. The molecule has 0 atom stereocenters. The second-order valence-electron chi connectivity index (χ2n) is 7.01. The average Bonchev–Trinajstić information content (AvgIpc) is 2.87. The smallest absolute Gasteiger partial charge is 0.225 e. The highest BCUT2D eigenvalue weighted by Crippen LogP contribution is 2.39. The summed E-state index contributed by atoms with van der Waals surface area (Å²) in [4.78, 5) is 12.4. The van der Waals surface area contributed by atoms with Crippen LogP contribution in [-0.2, 0) is 0 Å². The number of aromatic nitrogens is 2. The number of benzene rings is 1. The molecule has 1 fully saturated rings. The van der Waals surface area contributed by atoms with Gasteiger partial charge in [-0.1, -0.05) is 38.1 Å². The van der Waals surface area contributed by atoms with E-state index in [4.69, 9.17) is 11.6 Å². The van der Waals surface area contributed by atoms with Crippen LogP contribution in [0.1, 0.15) is 31.7 Å². The van der Waals surface area contributed by atoms with E-state index in [1.807, 2.05) is 0 Å². The molecule has 1 saturated heterocycles. The summed E-state index contributed by atoms with van der Waals surface area (Å²) in [5.74, 6) is 1.50. The third-order valence-corrected chi connectivity index (χ3v) is 5.96. The quantitative estimate of drug-likeness (QED) is 0.647. The van der Waals surface area contributed by atoms with E-state index in [1.165, 1.54) is 16.7 Å². The molecule has 0 spiro atoms. The van der Waals surface area contributed by atoms with Gasteiger partial charge in [0.2, 0.25) is 5.28 Å². The molecule has 1 aliphatic rings. The Kier molecular flexibility index (Phi) is 5.11. The highest BCUT2D eigenvalue weighted by molar-refractivity contribution is 7.17. The molecule has 136 valence electrons. The molecule has 1 aliphatic heterocycles. The Bertz CT molecular complexity index is 896. The highest BCUT2D eigenvalue weighted by Gasteiger charge is 2.20. The summed E-state index contributed by atoms with van der Waals surface area (Å²) in [5.41, 5.74) is 3.76.